The van der Waals surface area contributed by atoms with Gasteiger partial charge in [-0.3, -0.25) is 0 Å². The van der Waals surface area contributed by atoms with Gasteiger partial charge in [-0.2, -0.15) is 0 Å². The van der Waals surface area contributed by atoms with Gasteiger partial charge in [0, 0.05) is 32.4 Å². The normalized spacial score (nSPS) is 51.8. The van der Waals surface area contributed by atoms with E-state index >= 15 is 0 Å². The van der Waals surface area contributed by atoms with Crippen LogP contribution in [0.5, 0.6) is 0 Å². The van der Waals surface area contributed by atoms with Crippen molar-refractivity contribution < 1.29 is 4.39 Å². The van der Waals surface area contributed by atoms with Gasteiger partial charge in [0.15, 0.2) is 0 Å². The molecule has 10 heavy (non-hydrogen) atoms. The van der Waals surface area contributed by atoms with Crippen LogP contribution in [0.25, 0.3) is 0 Å². The summed E-state index contributed by atoms with van der Waals surface area (Å²) in [5.41, 5.74) is 0. The molecule has 1 saturated heterocycles. The molecule has 0 aliphatic carbocycles. The predicted molar refractivity (Wildman–Crippen MR) is 42.5 cm³/mol. The second-order valence-electron chi connectivity index (χ2n) is 3.68. The van der Waals surface area contributed by atoms with E-state index in [9.17, 15) is 0 Å². The van der Waals surface area contributed by atoms with Crippen molar-refractivity contribution in [1.29, 1.82) is 0 Å². The molecule has 0 aromatic heterocycles. The lowest BCUT2D eigenvalue weighted by molar-refractivity contribution is -0.829. The first-order valence-corrected chi connectivity index (χ1v) is 4.02. The van der Waals surface area contributed by atoms with E-state index in [1.165, 1.54) is 19.3 Å². The Labute approximate surface area is 63.7 Å². The van der Waals surface area contributed by atoms with E-state index < -0.39 is 0 Å². The molecule has 2 aliphatic rings. The topological polar surface area (TPSA) is 0 Å². The number of rotatable bonds is 0. The molecule has 2 bridgehead atoms. The van der Waals surface area contributed by atoms with Gasteiger partial charge in [-0.05, 0) is 6.08 Å². The molecule has 2 aliphatic heterocycles. The number of likely N-dealkylation sites (N-methyl/N-ethyl adjacent to an activating group) is 1. The Kier molecular flexibility index (Phi) is 1.22. The van der Waals surface area contributed by atoms with Crippen molar-refractivity contribution >= 4 is 7.98 Å². The summed E-state index contributed by atoms with van der Waals surface area (Å²) in [7, 11) is 8.26. The first kappa shape index (κ1) is 6.47. The maximum atomic E-state index is 6.11. The van der Waals surface area contributed by atoms with Crippen LogP contribution in [0.2, 0.25) is 0 Å². The molecule has 2 heteroatoms. The number of hydrogen-bond acceptors (Lipinski definition) is 0. The van der Waals surface area contributed by atoms with E-state index in [4.69, 9.17) is 7.98 Å². The minimum absolute atomic E-state index is 0.610. The molecule has 0 aromatic carbocycles. The maximum Gasteiger partial charge on any atom is 0.0615 e. The molecule has 2 rings (SSSR count). The van der Waals surface area contributed by atoms with Crippen molar-refractivity contribution in [3.05, 3.63) is 12.2 Å². The van der Waals surface area contributed by atoms with Crippen LogP contribution in [-0.2, 0) is 0 Å². The lowest BCUT2D eigenvalue weighted by Gasteiger charge is -2.53. The number of fused-ring (bicyclic) bond motifs is 2. The van der Waals surface area contributed by atoms with Gasteiger partial charge in [0.1, 0.15) is 0 Å². The smallest absolute Gasteiger partial charge is 0.0615 e. The van der Waals surface area contributed by atoms with Crippen molar-refractivity contribution in [2.45, 2.75) is 31.3 Å². The van der Waals surface area contributed by atoms with E-state index in [1.54, 1.807) is 0 Å². The van der Waals surface area contributed by atoms with Gasteiger partial charge in [0.25, 0.3) is 0 Å². The van der Waals surface area contributed by atoms with Crippen LogP contribution in [-0.4, -0.2) is 31.5 Å². The largest absolute Gasteiger partial charge is 0.582 e. The Morgan fingerprint density at radius 1 is 1.50 bits per heavy atom. The lowest BCUT2D eigenvalue weighted by atomic mass is 10.0. The highest BCUT2D eigenvalue weighted by Crippen LogP contribution is 2.34. The SMILES string of the molecule is [B-][N+]1(C)[C@H]2CC=C[C@H]1CC2. The third-order valence-electron chi connectivity index (χ3n) is 3.06. The second kappa shape index (κ2) is 1.88. The van der Waals surface area contributed by atoms with Gasteiger partial charge in [-0.15, -0.1) is 0 Å². The highest BCUT2D eigenvalue weighted by Gasteiger charge is 2.34. The molecule has 0 aromatic rings. The Morgan fingerprint density at radius 2 is 2.30 bits per heavy atom. The van der Waals surface area contributed by atoms with Crippen LogP contribution in [0, 0.1) is 0 Å². The summed E-state index contributed by atoms with van der Waals surface area (Å²) in [6, 6.07) is 1.31. The zero-order valence-electron chi connectivity index (χ0n) is 6.46. The summed E-state index contributed by atoms with van der Waals surface area (Å²) in [5, 5.41) is 0. The molecule has 0 saturated carbocycles. The fourth-order valence-electron chi connectivity index (χ4n) is 2.21. The molecule has 1 unspecified atom stereocenters. The Hall–Kier alpha value is -0.235. The first-order chi connectivity index (χ1) is 4.71. The summed E-state index contributed by atoms with van der Waals surface area (Å²) in [5.74, 6) is 0. The fourth-order valence-corrected chi connectivity index (χ4v) is 2.21. The van der Waals surface area contributed by atoms with E-state index in [1.807, 2.05) is 0 Å². The Balaban J connectivity index is 2.32. The monoisotopic (exact) mass is 134 g/mol. The summed E-state index contributed by atoms with van der Waals surface area (Å²) >= 11 is 0. The van der Waals surface area contributed by atoms with Crippen molar-refractivity contribution in [2.75, 3.05) is 7.05 Å². The molecular formula is C8H13BN. The van der Waals surface area contributed by atoms with E-state index in [0.29, 0.717) is 12.1 Å². The van der Waals surface area contributed by atoms with Crippen molar-refractivity contribution in [1.82, 2.24) is 0 Å². The zero-order chi connectivity index (χ0) is 7.19. The average molecular weight is 134 g/mol. The minimum Gasteiger partial charge on any atom is -0.582 e. The minimum atomic E-state index is 0.610. The predicted octanol–water partition coefficient (Wildman–Crippen LogP) is 1.01. The molecule has 2 heterocycles. The van der Waals surface area contributed by atoms with Crippen molar-refractivity contribution in [3.8, 4) is 0 Å². The highest BCUT2D eigenvalue weighted by molar-refractivity contribution is 5.97. The van der Waals surface area contributed by atoms with Gasteiger partial charge in [-0.25, -0.2) is 7.98 Å². The van der Waals surface area contributed by atoms with Crippen LogP contribution >= 0.6 is 0 Å². The highest BCUT2D eigenvalue weighted by atomic mass is 15.3. The van der Waals surface area contributed by atoms with Crippen LogP contribution in [0.3, 0.4) is 0 Å². The standard InChI is InChI=1S/C8H13BN/c1-10(9)7-3-2-4-8(10)6-5-7/h2-3,7-8H,4-6H2,1H3/t7-,8-,10?/m0/s1. The van der Waals surface area contributed by atoms with Gasteiger partial charge >= 0.3 is 0 Å². The number of hydrogen-bond donors (Lipinski definition) is 0. The molecule has 0 N–H and O–H groups in total. The molecule has 0 amide bonds. The van der Waals surface area contributed by atoms with Crippen LogP contribution < -0.4 is 0 Å². The molecular weight excluding hydrogens is 121 g/mol. The molecule has 3 atom stereocenters. The van der Waals surface area contributed by atoms with Crippen molar-refractivity contribution in [3.63, 3.8) is 0 Å². The summed E-state index contributed by atoms with van der Waals surface area (Å²) in [6.45, 7) is 0. The van der Waals surface area contributed by atoms with Gasteiger partial charge in [-0.1, -0.05) is 6.08 Å². The van der Waals surface area contributed by atoms with Crippen molar-refractivity contribution in [2.24, 2.45) is 0 Å². The van der Waals surface area contributed by atoms with Gasteiger partial charge in [0.2, 0.25) is 0 Å². The Bertz CT molecular complexity index is 174. The van der Waals surface area contributed by atoms with Gasteiger partial charge in [0.05, 0.1) is 6.04 Å². The molecule has 0 spiro atoms. The molecule has 53 valence electrons. The maximum absolute atomic E-state index is 6.11. The first-order valence-electron chi connectivity index (χ1n) is 4.02. The molecule has 3 radical (unpaired) electrons. The third-order valence-corrected chi connectivity index (χ3v) is 3.06. The zero-order valence-corrected chi connectivity index (χ0v) is 6.46. The summed E-state index contributed by atoms with van der Waals surface area (Å²) in [6.07, 6.45) is 8.35. The van der Waals surface area contributed by atoms with E-state index in [2.05, 4.69) is 19.2 Å². The molecule has 1 fully saturated rings. The lowest BCUT2D eigenvalue weighted by Crippen LogP contribution is -2.52. The fraction of sp³-hybridized carbons (Fsp3) is 0.750. The summed E-state index contributed by atoms with van der Waals surface area (Å²) < 4.78 is 0.747. The van der Waals surface area contributed by atoms with Gasteiger partial charge < -0.3 is 4.39 Å². The third kappa shape index (κ3) is 0.686. The van der Waals surface area contributed by atoms with E-state index in [-0.39, 0.29) is 0 Å². The summed E-state index contributed by atoms with van der Waals surface area (Å²) in [4.78, 5) is 0. The molecule has 1 nitrogen and oxygen atoms in total. The number of nitrogens with zero attached hydrogens (tertiary/aromatic N) is 1. The van der Waals surface area contributed by atoms with E-state index in [0.717, 1.165) is 4.39 Å². The average Bonchev–Trinajstić information content (AvgIpc) is 2.17. The van der Waals surface area contributed by atoms with Crippen LogP contribution in [0.4, 0.5) is 0 Å². The van der Waals surface area contributed by atoms with Crippen LogP contribution in [0.1, 0.15) is 19.3 Å². The number of quaternary nitrogens is 1. The second-order valence-corrected chi connectivity index (χ2v) is 3.68. The van der Waals surface area contributed by atoms with Crippen LogP contribution in [0.15, 0.2) is 12.2 Å². The Morgan fingerprint density at radius 3 is 2.90 bits per heavy atom. The quantitative estimate of drug-likeness (QED) is 0.342.